The van der Waals surface area contributed by atoms with Crippen molar-refractivity contribution >= 4 is 11.5 Å². The summed E-state index contributed by atoms with van der Waals surface area (Å²) in [5, 5.41) is 23.5. The summed E-state index contributed by atoms with van der Waals surface area (Å²) in [5.41, 5.74) is 1.68. The minimum atomic E-state index is -0.337. The van der Waals surface area contributed by atoms with Crippen molar-refractivity contribution in [3.63, 3.8) is 0 Å². The van der Waals surface area contributed by atoms with Crippen LogP contribution < -0.4 is 4.74 Å². The van der Waals surface area contributed by atoms with Crippen molar-refractivity contribution in [2.45, 2.75) is 44.6 Å². The number of aliphatic hydroxyl groups is 1. The third-order valence-corrected chi connectivity index (χ3v) is 6.78. The Morgan fingerprint density at radius 1 is 1.29 bits per heavy atom. The zero-order chi connectivity index (χ0) is 17.1. The first-order valence-electron chi connectivity index (χ1n) is 8.64. The molecule has 0 bridgehead atoms. The van der Waals surface area contributed by atoms with Crippen molar-refractivity contribution in [3.8, 4) is 5.75 Å². The number of carbonyl (C=O) groups excluding carboxylic acids is 1. The van der Waals surface area contributed by atoms with Crippen LogP contribution in [0.1, 0.15) is 54.4 Å². The number of benzene rings is 1. The lowest BCUT2D eigenvalue weighted by molar-refractivity contribution is -0.00516. The predicted molar refractivity (Wildman–Crippen MR) is 88.8 cm³/mol. The molecule has 24 heavy (non-hydrogen) atoms. The minimum Gasteiger partial charge on any atom is -0.497 e. The van der Waals surface area contributed by atoms with E-state index < -0.39 is 0 Å². The van der Waals surface area contributed by atoms with Crippen molar-refractivity contribution in [1.29, 1.82) is 0 Å². The van der Waals surface area contributed by atoms with Crippen LogP contribution >= 0.6 is 0 Å². The average molecular weight is 329 g/mol. The first kappa shape index (κ1) is 15.6. The molecule has 4 rings (SSSR count). The number of hydrogen-bond acceptors (Lipinski definition) is 5. The number of ketones is 1. The highest BCUT2D eigenvalue weighted by Gasteiger charge is 2.57. The number of rotatable bonds is 1. The molecule has 0 spiro atoms. The van der Waals surface area contributed by atoms with Crippen LogP contribution in [0.4, 0.5) is 0 Å². The number of fused-ring (bicyclic) bond motifs is 5. The summed E-state index contributed by atoms with van der Waals surface area (Å²) in [6.45, 7) is 2.12. The Labute approximate surface area is 141 Å². The third kappa shape index (κ3) is 1.91. The maximum absolute atomic E-state index is 12.9. The second-order valence-electron chi connectivity index (χ2n) is 7.64. The molecule has 1 aromatic carbocycles. The monoisotopic (exact) mass is 329 g/mol. The van der Waals surface area contributed by atoms with Crippen LogP contribution in [0.2, 0.25) is 0 Å². The fourth-order valence-corrected chi connectivity index (χ4v) is 5.43. The van der Waals surface area contributed by atoms with Gasteiger partial charge in [0.15, 0.2) is 0 Å². The smallest absolute Gasteiger partial charge is 0.211 e. The quantitative estimate of drug-likeness (QED) is 0.613. The number of methoxy groups -OCH3 is 1. The second-order valence-corrected chi connectivity index (χ2v) is 7.64. The minimum absolute atomic E-state index is 0.112. The van der Waals surface area contributed by atoms with Crippen molar-refractivity contribution in [3.05, 3.63) is 29.3 Å². The highest BCUT2D eigenvalue weighted by atomic mass is 16.5. The number of hydrogen-bond donors (Lipinski definition) is 2. The maximum atomic E-state index is 12.9. The maximum Gasteiger partial charge on any atom is 0.211 e. The van der Waals surface area contributed by atoms with E-state index in [0.717, 1.165) is 31.2 Å². The molecule has 2 saturated carbocycles. The van der Waals surface area contributed by atoms with Gasteiger partial charge in [0.25, 0.3) is 0 Å². The molecule has 0 heterocycles. The van der Waals surface area contributed by atoms with Gasteiger partial charge < -0.3 is 15.1 Å². The molecule has 0 unspecified atom stereocenters. The molecule has 2 fully saturated rings. The second kappa shape index (κ2) is 5.31. The van der Waals surface area contributed by atoms with Crippen LogP contribution in [0.3, 0.4) is 0 Å². The SMILES string of the molecule is COc1ccc2c(c1)C(=O)/C(=N/O)[C@@H]1[C@@H]2CC[C@]2(C)[C@@H](O)CC[C@@H]12. The summed E-state index contributed by atoms with van der Waals surface area (Å²) in [7, 11) is 1.57. The van der Waals surface area contributed by atoms with Gasteiger partial charge in [0.05, 0.1) is 13.2 Å². The van der Waals surface area contributed by atoms with Gasteiger partial charge in [-0.3, -0.25) is 4.79 Å². The van der Waals surface area contributed by atoms with Crippen LogP contribution in [0.5, 0.6) is 5.75 Å². The van der Waals surface area contributed by atoms with E-state index in [1.807, 2.05) is 12.1 Å². The fourth-order valence-electron chi connectivity index (χ4n) is 5.43. The molecular formula is C19H23NO4. The molecule has 0 aromatic heterocycles. The molecule has 0 amide bonds. The van der Waals surface area contributed by atoms with Gasteiger partial charge in [-0.2, -0.15) is 0 Å². The summed E-state index contributed by atoms with van der Waals surface area (Å²) in [6, 6.07) is 5.61. The Bertz CT molecular complexity index is 728. The van der Waals surface area contributed by atoms with E-state index in [0.29, 0.717) is 11.3 Å². The molecule has 0 saturated heterocycles. The van der Waals surface area contributed by atoms with Crippen molar-refractivity contribution in [1.82, 2.24) is 0 Å². The van der Waals surface area contributed by atoms with Gasteiger partial charge in [-0.1, -0.05) is 18.1 Å². The topological polar surface area (TPSA) is 79.1 Å². The van der Waals surface area contributed by atoms with Gasteiger partial charge in [-0.05, 0) is 60.6 Å². The molecule has 0 radical (unpaired) electrons. The summed E-state index contributed by atoms with van der Waals surface area (Å²) in [5.74, 6) is 0.654. The largest absolute Gasteiger partial charge is 0.497 e. The predicted octanol–water partition coefficient (Wildman–Crippen LogP) is 2.99. The normalized spacial score (nSPS) is 39.3. The van der Waals surface area contributed by atoms with E-state index in [-0.39, 0.29) is 40.8 Å². The van der Waals surface area contributed by atoms with Crippen molar-refractivity contribution in [2.75, 3.05) is 7.11 Å². The number of Topliss-reactive ketones (excluding diaryl/α,β-unsaturated/α-hetero) is 1. The molecule has 5 atom stereocenters. The van der Waals surface area contributed by atoms with Crippen molar-refractivity contribution < 1.29 is 19.8 Å². The van der Waals surface area contributed by atoms with Gasteiger partial charge in [-0.25, -0.2) is 0 Å². The highest BCUT2D eigenvalue weighted by molar-refractivity contribution is 6.48. The van der Waals surface area contributed by atoms with Crippen LogP contribution in [0.25, 0.3) is 0 Å². The van der Waals surface area contributed by atoms with E-state index in [1.165, 1.54) is 0 Å². The fraction of sp³-hybridized carbons (Fsp3) is 0.579. The van der Waals surface area contributed by atoms with Crippen LogP contribution in [0, 0.1) is 17.3 Å². The van der Waals surface area contributed by atoms with E-state index in [1.54, 1.807) is 13.2 Å². The molecule has 5 nitrogen and oxygen atoms in total. The van der Waals surface area contributed by atoms with E-state index in [9.17, 15) is 15.1 Å². The van der Waals surface area contributed by atoms with Crippen LogP contribution in [-0.2, 0) is 0 Å². The number of nitrogens with zero attached hydrogens (tertiary/aromatic N) is 1. The zero-order valence-electron chi connectivity index (χ0n) is 14.0. The van der Waals surface area contributed by atoms with Gasteiger partial charge >= 0.3 is 0 Å². The van der Waals surface area contributed by atoms with Crippen LogP contribution in [0.15, 0.2) is 23.4 Å². The standard InChI is InChI=1S/C19H23NO4/c1-19-8-7-12-11-4-3-10(24-2)9-13(11)18(22)17(20-23)16(12)14(19)5-6-15(19)21/h3-4,9,12,14-16,21,23H,5-8H2,1-2H3/b20-17+/t12-,14+,15+,16-,19+/m1/s1. The van der Waals surface area contributed by atoms with E-state index >= 15 is 0 Å². The Kier molecular flexibility index (Phi) is 3.46. The number of carbonyl (C=O) groups is 1. The number of oxime groups is 1. The molecule has 3 aliphatic carbocycles. The summed E-state index contributed by atoms with van der Waals surface area (Å²) < 4.78 is 5.25. The summed E-state index contributed by atoms with van der Waals surface area (Å²) >= 11 is 0. The van der Waals surface area contributed by atoms with Crippen LogP contribution in [-0.4, -0.2) is 35.0 Å². The van der Waals surface area contributed by atoms with Gasteiger partial charge in [0.1, 0.15) is 11.5 Å². The average Bonchev–Trinajstić information content (AvgIpc) is 2.90. The Morgan fingerprint density at radius 2 is 2.08 bits per heavy atom. The van der Waals surface area contributed by atoms with E-state index in [2.05, 4.69) is 12.1 Å². The lowest BCUT2D eigenvalue weighted by Gasteiger charge is -2.49. The molecule has 5 heteroatoms. The molecule has 3 aliphatic rings. The third-order valence-electron chi connectivity index (χ3n) is 6.78. The molecular weight excluding hydrogens is 306 g/mol. The van der Waals surface area contributed by atoms with E-state index in [4.69, 9.17) is 4.74 Å². The van der Waals surface area contributed by atoms with Crippen molar-refractivity contribution in [2.24, 2.45) is 22.4 Å². The number of aliphatic hydroxyl groups excluding tert-OH is 1. The summed E-state index contributed by atoms with van der Waals surface area (Å²) in [6.07, 6.45) is 3.11. The van der Waals surface area contributed by atoms with Gasteiger partial charge in [-0.15, -0.1) is 0 Å². The lowest BCUT2D eigenvalue weighted by atomic mass is 9.54. The Morgan fingerprint density at radius 3 is 2.79 bits per heavy atom. The zero-order valence-corrected chi connectivity index (χ0v) is 14.0. The molecule has 1 aromatic rings. The first-order valence-corrected chi connectivity index (χ1v) is 8.64. The molecule has 2 N–H and O–H groups in total. The summed E-state index contributed by atoms with van der Waals surface area (Å²) in [4.78, 5) is 12.9. The molecule has 0 aliphatic heterocycles. The lowest BCUT2D eigenvalue weighted by Crippen LogP contribution is -2.49. The Hall–Kier alpha value is -1.88. The Balaban J connectivity index is 1.85. The van der Waals surface area contributed by atoms with Gasteiger partial charge in [0, 0.05) is 11.5 Å². The number of ether oxygens (including phenoxy) is 1. The highest BCUT2D eigenvalue weighted by Crippen LogP contribution is 2.60. The van der Waals surface area contributed by atoms with Gasteiger partial charge in [0.2, 0.25) is 5.78 Å². The molecule has 128 valence electrons. The first-order chi connectivity index (χ1) is 11.5.